The van der Waals surface area contributed by atoms with Crippen molar-refractivity contribution in [2.45, 2.75) is 39.7 Å². The summed E-state index contributed by atoms with van der Waals surface area (Å²) in [6.45, 7) is 7.93. The van der Waals surface area contributed by atoms with E-state index in [0.29, 0.717) is 12.3 Å². The van der Waals surface area contributed by atoms with Crippen molar-refractivity contribution in [3.63, 3.8) is 0 Å². The maximum atomic E-state index is 12.4. The third-order valence-electron chi connectivity index (χ3n) is 6.26. The van der Waals surface area contributed by atoms with Gasteiger partial charge in [0.25, 0.3) is 0 Å². The summed E-state index contributed by atoms with van der Waals surface area (Å²) in [6, 6.07) is 20.8. The number of hydrogen-bond acceptors (Lipinski definition) is 3. The molecule has 1 N–H and O–H groups in total. The van der Waals surface area contributed by atoms with Gasteiger partial charge in [-0.3, -0.25) is 9.69 Å². The Bertz CT molecular complexity index is 984. The predicted octanol–water partition coefficient (Wildman–Crippen LogP) is 5.13. The molecule has 0 saturated carbocycles. The number of hydrogen-bond donors (Lipinski definition) is 1. The summed E-state index contributed by atoms with van der Waals surface area (Å²) in [6.07, 6.45) is 2.69. The summed E-state index contributed by atoms with van der Waals surface area (Å²) in [5.41, 5.74) is 4.72. The van der Waals surface area contributed by atoms with E-state index < -0.39 is 0 Å². The van der Waals surface area contributed by atoms with E-state index in [0.717, 1.165) is 56.1 Å². The van der Waals surface area contributed by atoms with Crippen LogP contribution in [0.1, 0.15) is 35.5 Å². The van der Waals surface area contributed by atoms with Crippen LogP contribution in [0.25, 0.3) is 11.1 Å². The van der Waals surface area contributed by atoms with Gasteiger partial charge in [0.15, 0.2) is 0 Å². The molecule has 1 aromatic heterocycles. The molecule has 4 heteroatoms. The number of carbonyl (C=O) groups excluding carboxylic acids is 1. The first-order valence-corrected chi connectivity index (χ1v) is 11.3. The van der Waals surface area contributed by atoms with E-state index in [-0.39, 0.29) is 5.91 Å². The van der Waals surface area contributed by atoms with Gasteiger partial charge in [0.05, 0.1) is 6.42 Å². The van der Waals surface area contributed by atoms with Crippen molar-refractivity contribution in [1.82, 2.24) is 10.2 Å². The zero-order valence-corrected chi connectivity index (χ0v) is 18.6. The minimum Gasteiger partial charge on any atom is -0.466 e. The molecule has 0 unspecified atom stereocenters. The molecule has 1 saturated heterocycles. The van der Waals surface area contributed by atoms with Crippen LogP contribution in [-0.2, 0) is 17.8 Å². The van der Waals surface area contributed by atoms with Crippen LogP contribution in [-0.4, -0.2) is 30.4 Å². The molecule has 0 atom stereocenters. The monoisotopic (exact) mass is 416 g/mol. The quantitative estimate of drug-likeness (QED) is 0.580. The highest BCUT2D eigenvalue weighted by Crippen LogP contribution is 2.22. The second-order valence-electron chi connectivity index (χ2n) is 8.70. The number of aryl methyl sites for hydroxylation is 2. The maximum absolute atomic E-state index is 12.4. The van der Waals surface area contributed by atoms with Crippen LogP contribution in [0.15, 0.2) is 65.1 Å². The Morgan fingerprint density at radius 1 is 1.00 bits per heavy atom. The zero-order chi connectivity index (χ0) is 21.6. The summed E-state index contributed by atoms with van der Waals surface area (Å²) in [4.78, 5) is 14.9. The number of amides is 1. The normalized spacial score (nSPS) is 15.2. The van der Waals surface area contributed by atoms with Crippen molar-refractivity contribution >= 4 is 5.91 Å². The number of benzene rings is 2. The summed E-state index contributed by atoms with van der Waals surface area (Å²) < 4.78 is 5.65. The third kappa shape index (κ3) is 5.86. The van der Waals surface area contributed by atoms with Crippen LogP contribution in [0.5, 0.6) is 0 Å². The van der Waals surface area contributed by atoms with E-state index in [9.17, 15) is 4.79 Å². The van der Waals surface area contributed by atoms with Gasteiger partial charge in [-0.25, -0.2) is 0 Å². The summed E-state index contributed by atoms with van der Waals surface area (Å²) >= 11 is 0. The number of nitrogens with one attached hydrogen (secondary N) is 1. The molecule has 1 aliphatic heterocycles. The molecule has 31 heavy (non-hydrogen) atoms. The predicted molar refractivity (Wildman–Crippen MR) is 125 cm³/mol. The lowest BCUT2D eigenvalue weighted by atomic mass is 9.96. The number of nitrogens with zero attached hydrogens (tertiary/aromatic N) is 1. The van der Waals surface area contributed by atoms with Gasteiger partial charge in [-0.15, -0.1) is 0 Å². The number of rotatable bonds is 7. The molecular weight excluding hydrogens is 384 g/mol. The van der Waals surface area contributed by atoms with Gasteiger partial charge in [0, 0.05) is 18.7 Å². The van der Waals surface area contributed by atoms with Crippen LogP contribution in [0, 0.1) is 19.8 Å². The van der Waals surface area contributed by atoms with E-state index in [4.69, 9.17) is 4.42 Å². The van der Waals surface area contributed by atoms with Crippen molar-refractivity contribution < 1.29 is 9.21 Å². The molecule has 1 amide bonds. The highest BCUT2D eigenvalue weighted by Gasteiger charge is 2.21. The molecule has 0 aliphatic carbocycles. The lowest BCUT2D eigenvalue weighted by molar-refractivity contribution is -0.120. The Balaban J connectivity index is 1.19. The van der Waals surface area contributed by atoms with Crippen molar-refractivity contribution in [3.8, 4) is 11.1 Å². The molecule has 0 bridgehead atoms. The minimum atomic E-state index is 0.111. The van der Waals surface area contributed by atoms with Gasteiger partial charge >= 0.3 is 0 Å². The zero-order valence-electron chi connectivity index (χ0n) is 18.6. The van der Waals surface area contributed by atoms with Gasteiger partial charge in [-0.1, -0.05) is 54.6 Å². The Hall–Kier alpha value is -2.85. The molecule has 4 nitrogen and oxygen atoms in total. The van der Waals surface area contributed by atoms with E-state index >= 15 is 0 Å². The first kappa shape index (κ1) is 21.4. The fraction of sp³-hybridized carbons (Fsp3) is 0.370. The van der Waals surface area contributed by atoms with Crippen molar-refractivity contribution in [1.29, 1.82) is 0 Å². The second-order valence-corrected chi connectivity index (χ2v) is 8.70. The molecule has 4 rings (SSSR count). The Labute approximate surface area is 185 Å². The number of likely N-dealkylation sites (tertiary alicyclic amines) is 1. The summed E-state index contributed by atoms with van der Waals surface area (Å²) in [7, 11) is 0. The van der Waals surface area contributed by atoms with Gasteiger partial charge in [0.1, 0.15) is 11.5 Å². The molecule has 162 valence electrons. The third-order valence-corrected chi connectivity index (χ3v) is 6.26. The Kier molecular flexibility index (Phi) is 6.88. The Morgan fingerprint density at radius 2 is 1.68 bits per heavy atom. The summed E-state index contributed by atoms with van der Waals surface area (Å²) in [5, 5.41) is 3.15. The molecular formula is C27H32N2O2. The molecule has 1 fully saturated rings. The van der Waals surface area contributed by atoms with Crippen LogP contribution in [0.2, 0.25) is 0 Å². The molecule has 0 spiro atoms. The first-order valence-electron chi connectivity index (χ1n) is 11.3. The lowest BCUT2D eigenvalue weighted by Crippen LogP contribution is -2.38. The van der Waals surface area contributed by atoms with E-state index in [1.165, 1.54) is 16.7 Å². The maximum Gasteiger partial charge on any atom is 0.224 e. The largest absolute Gasteiger partial charge is 0.466 e. The van der Waals surface area contributed by atoms with Gasteiger partial charge in [-0.05, 0) is 68.5 Å². The second kappa shape index (κ2) is 9.97. The highest BCUT2D eigenvalue weighted by atomic mass is 16.3. The number of piperidine rings is 1. The standard InChI is InChI=1S/C27H32N2O2/c1-20-16-26(21(2)31-20)19-29-14-12-23(13-15-29)18-28-27(30)17-22-8-10-25(11-9-22)24-6-4-3-5-7-24/h3-11,16,23H,12-15,17-19H2,1-2H3,(H,28,30). The smallest absolute Gasteiger partial charge is 0.224 e. The SMILES string of the molecule is Cc1cc(CN2CCC(CNC(=O)Cc3ccc(-c4ccccc4)cc3)CC2)c(C)o1. The highest BCUT2D eigenvalue weighted by molar-refractivity contribution is 5.78. The van der Waals surface area contributed by atoms with Crippen LogP contribution in [0.4, 0.5) is 0 Å². The van der Waals surface area contributed by atoms with Crippen LogP contribution < -0.4 is 5.32 Å². The molecule has 2 aromatic carbocycles. The van der Waals surface area contributed by atoms with Crippen LogP contribution >= 0.6 is 0 Å². The molecule has 2 heterocycles. The van der Waals surface area contributed by atoms with Gasteiger partial charge < -0.3 is 9.73 Å². The van der Waals surface area contributed by atoms with Crippen molar-refractivity contribution in [2.24, 2.45) is 5.92 Å². The van der Waals surface area contributed by atoms with E-state index in [1.54, 1.807) is 0 Å². The fourth-order valence-electron chi connectivity index (χ4n) is 4.38. The van der Waals surface area contributed by atoms with E-state index in [2.05, 4.69) is 52.7 Å². The fourth-order valence-corrected chi connectivity index (χ4v) is 4.38. The first-order chi connectivity index (χ1) is 15.1. The Morgan fingerprint density at radius 3 is 2.32 bits per heavy atom. The molecule has 3 aromatic rings. The molecule has 1 aliphatic rings. The minimum absolute atomic E-state index is 0.111. The van der Waals surface area contributed by atoms with E-state index in [1.807, 2.05) is 32.0 Å². The lowest BCUT2D eigenvalue weighted by Gasteiger charge is -2.31. The topological polar surface area (TPSA) is 45.5 Å². The number of furan rings is 1. The average molecular weight is 417 g/mol. The number of carbonyl (C=O) groups is 1. The van der Waals surface area contributed by atoms with Crippen molar-refractivity contribution in [2.75, 3.05) is 19.6 Å². The van der Waals surface area contributed by atoms with Gasteiger partial charge in [-0.2, -0.15) is 0 Å². The van der Waals surface area contributed by atoms with Crippen LogP contribution in [0.3, 0.4) is 0 Å². The average Bonchev–Trinajstić information content (AvgIpc) is 3.11. The van der Waals surface area contributed by atoms with Gasteiger partial charge in [0.2, 0.25) is 5.91 Å². The van der Waals surface area contributed by atoms with Crippen molar-refractivity contribution in [3.05, 3.63) is 83.3 Å². The summed E-state index contributed by atoms with van der Waals surface area (Å²) in [5.74, 6) is 2.69. The molecule has 0 radical (unpaired) electrons.